The van der Waals surface area contributed by atoms with Gasteiger partial charge in [0, 0.05) is 10.6 Å². The van der Waals surface area contributed by atoms with E-state index in [1.165, 1.54) is 10.5 Å². The summed E-state index contributed by atoms with van der Waals surface area (Å²) in [6.45, 7) is 0. The van der Waals surface area contributed by atoms with Gasteiger partial charge >= 0.3 is 0 Å². The second-order valence-corrected chi connectivity index (χ2v) is 5.73. The monoisotopic (exact) mass is 300 g/mol. The number of anilines is 1. The molecular weight excluding hydrogens is 280 g/mol. The molecule has 1 atom stereocenters. The lowest BCUT2D eigenvalue weighted by Gasteiger charge is -2.12. The molecule has 1 amide bonds. The summed E-state index contributed by atoms with van der Waals surface area (Å²) < 4.78 is 0. The van der Waals surface area contributed by atoms with Gasteiger partial charge in [0.15, 0.2) is 0 Å². The number of carbonyl (C=O) groups excluding carboxylic acids is 1. The molecule has 110 valence electrons. The Morgan fingerprint density at radius 1 is 1.14 bits per heavy atom. The maximum Gasteiger partial charge on any atom is 0.241 e. The van der Waals surface area contributed by atoms with Crippen LogP contribution in [-0.4, -0.2) is 18.2 Å². The second kappa shape index (κ2) is 7.86. The molecule has 2 aromatic rings. The Balaban J connectivity index is 1.84. The van der Waals surface area contributed by atoms with Crippen molar-refractivity contribution in [2.75, 3.05) is 11.6 Å². The van der Waals surface area contributed by atoms with Gasteiger partial charge in [-0.3, -0.25) is 4.79 Å². The van der Waals surface area contributed by atoms with Gasteiger partial charge in [-0.1, -0.05) is 30.3 Å². The summed E-state index contributed by atoms with van der Waals surface area (Å²) in [6, 6.07) is 17.3. The van der Waals surface area contributed by atoms with Crippen molar-refractivity contribution in [3.63, 3.8) is 0 Å². The molecule has 0 spiro atoms. The van der Waals surface area contributed by atoms with Crippen molar-refractivity contribution >= 4 is 23.4 Å². The highest BCUT2D eigenvalue weighted by Crippen LogP contribution is 2.17. The molecule has 2 aromatic carbocycles. The quantitative estimate of drug-likeness (QED) is 0.805. The van der Waals surface area contributed by atoms with E-state index < -0.39 is 6.04 Å². The predicted octanol–water partition coefficient (Wildman–Crippen LogP) is 3.31. The van der Waals surface area contributed by atoms with Crippen LogP contribution in [0.15, 0.2) is 59.5 Å². The lowest BCUT2D eigenvalue weighted by atomic mass is 10.1. The molecule has 3 N–H and O–H groups in total. The smallest absolute Gasteiger partial charge is 0.241 e. The summed E-state index contributed by atoms with van der Waals surface area (Å²) in [4.78, 5) is 13.2. The largest absolute Gasteiger partial charge is 0.325 e. The highest BCUT2D eigenvalue weighted by atomic mass is 32.2. The number of aryl methyl sites for hydroxylation is 1. The molecule has 21 heavy (non-hydrogen) atoms. The number of thioether (sulfide) groups is 1. The van der Waals surface area contributed by atoms with Crippen LogP contribution in [0.25, 0.3) is 0 Å². The van der Waals surface area contributed by atoms with Crippen LogP contribution >= 0.6 is 11.8 Å². The van der Waals surface area contributed by atoms with Crippen molar-refractivity contribution in [3.8, 4) is 0 Å². The summed E-state index contributed by atoms with van der Waals surface area (Å²) in [5, 5.41) is 2.86. The first kappa shape index (κ1) is 15.6. The Morgan fingerprint density at radius 3 is 2.43 bits per heavy atom. The standard InChI is InChI=1S/C17H20N2OS/c1-21-15-10-8-14(9-11-15)19-17(20)16(18)12-7-13-5-3-2-4-6-13/h2-6,8-11,16H,7,12,18H2,1H3,(H,19,20)/t16-/m0/s1. The number of carbonyl (C=O) groups is 1. The molecule has 0 heterocycles. The molecular formula is C17H20N2OS. The molecule has 0 bridgehead atoms. The number of benzene rings is 2. The van der Waals surface area contributed by atoms with Crippen molar-refractivity contribution < 1.29 is 4.79 Å². The molecule has 0 saturated heterocycles. The van der Waals surface area contributed by atoms with Crippen molar-refractivity contribution in [3.05, 3.63) is 60.2 Å². The van der Waals surface area contributed by atoms with E-state index in [1.807, 2.05) is 60.9 Å². The fourth-order valence-electron chi connectivity index (χ4n) is 2.01. The number of nitrogens with two attached hydrogens (primary N) is 1. The summed E-state index contributed by atoms with van der Waals surface area (Å²) in [7, 11) is 0. The van der Waals surface area contributed by atoms with Crippen LogP contribution in [0.5, 0.6) is 0 Å². The molecule has 0 aliphatic rings. The third-order valence-electron chi connectivity index (χ3n) is 3.28. The lowest BCUT2D eigenvalue weighted by molar-refractivity contribution is -0.117. The molecule has 0 aliphatic carbocycles. The number of amides is 1. The first-order chi connectivity index (χ1) is 10.2. The van der Waals surface area contributed by atoms with E-state index in [4.69, 9.17) is 5.73 Å². The van der Waals surface area contributed by atoms with Gasteiger partial charge in [0.05, 0.1) is 6.04 Å². The van der Waals surface area contributed by atoms with Crippen molar-refractivity contribution in [1.82, 2.24) is 0 Å². The van der Waals surface area contributed by atoms with Gasteiger partial charge in [0.1, 0.15) is 0 Å². The van der Waals surface area contributed by atoms with Gasteiger partial charge in [-0.25, -0.2) is 0 Å². The van der Waals surface area contributed by atoms with E-state index in [0.717, 1.165) is 12.1 Å². The van der Waals surface area contributed by atoms with Crippen molar-refractivity contribution in [2.45, 2.75) is 23.8 Å². The van der Waals surface area contributed by atoms with Crippen molar-refractivity contribution in [2.24, 2.45) is 5.73 Å². The fourth-order valence-corrected chi connectivity index (χ4v) is 2.42. The predicted molar refractivity (Wildman–Crippen MR) is 89.6 cm³/mol. The van der Waals surface area contributed by atoms with E-state index in [2.05, 4.69) is 5.32 Å². The minimum atomic E-state index is -0.495. The van der Waals surface area contributed by atoms with E-state index in [9.17, 15) is 4.79 Å². The number of rotatable bonds is 6. The third-order valence-corrected chi connectivity index (χ3v) is 4.02. The Bertz CT molecular complexity index is 569. The van der Waals surface area contributed by atoms with Gasteiger partial charge in [-0.15, -0.1) is 11.8 Å². The van der Waals surface area contributed by atoms with Crippen LogP contribution < -0.4 is 11.1 Å². The Labute approximate surface area is 129 Å². The van der Waals surface area contributed by atoms with Crippen LogP contribution in [0, 0.1) is 0 Å². The topological polar surface area (TPSA) is 55.1 Å². The summed E-state index contributed by atoms with van der Waals surface area (Å²) in [5.74, 6) is -0.136. The molecule has 2 rings (SSSR count). The second-order valence-electron chi connectivity index (χ2n) is 4.85. The zero-order valence-electron chi connectivity index (χ0n) is 12.1. The van der Waals surface area contributed by atoms with Gasteiger partial charge in [-0.05, 0) is 48.9 Å². The average Bonchev–Trinajstić information content (AvgIpc) is 2.54. The SMILES string of the molecule is CSc1ccc(NC(=O)[C@@H](N)CCc2ccccc2)cc1. The molecule has 0 unspecified atom stereocenters. The van der Waals surface area contributed by atoms with Gasteiger partial charge < -0.3 is 11.1 Å². The van der Waals surface area contributed by atoms with Gasteiger partial charge in [-0.2, -0.15) is 0 Å². The maximum atomic E-state index is 12.0. The fraction of sp³-hybridized carbons (Fsp3) is 0.235. The highest BCUT2D eigenvalue weighted by Gasteiger charge is 2.13. The number of hydrogen-bond acceptors (Lipinski definition) is 3. The Hall–Kier alpha value is -1.78. The van der Waals surface area contributed by atoms with Crippen molar-refractivity contribution in [1.29, 1.82) is 0 Å². The van der Waals surface area contributed by atoms with Crippen LogP contribution in [0.1, 0.15) is 12.0 Å². The van der Waals surface area contributed by atoms with Crippen LogP contribution in [0.3, 0.4) is 0 Å². The van der Waals surface area contributed by atoms with E-state index >= 15 is 0 Å². The highest BCUT2D eigenvalue weighted by molar-refractivity contribution is 7.98. The summed E-state index contributed by atoms with van der Waals surface area (Å²) >= 11 is 1.67. The normalized spacial score (nSPS) is 11.9. The number of hydrogen-bond donors (Lipinski definition) is 2. The average molecular weight is 300 g/mol. The lowest BCUT2D eigenvalue weighted by Crippen LogP contribution is -2.36. The van der Waals surface area contributed by atoms with E-state index in [-0.39, 0.29) is 5.91 Å². The van der Waals surface area contributed by atoms with Gasteiger partial charge in [0.25, 0.3) is 0 Å². The molecule has 4 heteroatoms. The molecule has 3 nitrogen and oxygen atoms in total. The number of nitrogens with one attached hydrogen (secondary N) is 1. The molecule has 0 aliphatic heterocycles. The molecule has 0 radical (unpaired) electrons. The van der Waals surface area contributed by atoms with Crippen LogP contribution in [0.4, 0.5) is 5.69 Å². The van der Waals surface area contributed by atoms with Gasteiger partial charge in [0.2, 0.25) is 5.91 Å². The molecule has 0 aromatic heterocycles. The Morgan fingerprint density at radius 2 is 1.81 bits per heavy atom. The van der Waals surface area contributed by atoms with E-state index in [1.54, 1.807) is 11.8 Å². The van der Waals surface area contributed by atoms with E-state index in [0.29, 0.717) is 6.42 Å². The minimum Gasteiger partial charge on any atom is -0.325 e. The maximum absolute atomic E-state index is 12.0. The first-order valence-electron chi connectivity index (χ1n) is 6.93. The molecule has 0 saturated carbocycles. The Kier molecular flexibility index (Phi) is 5.84. The first-order valence-corrected chi connectivity index (χ1v) is 8.16. The zero-order chi connectivity index (χ0) is 15.1. The summed E-state index contributed by atoms with van der Waals surface area (Å²) in [5.41, 5.74) is 7.94. The zero-order valence-corrected chi connectivity index (χ0v) is 12.9. The van der Waals surface area contributed by atoms with Crippen LogP contribution in [0.2, 0.25) is 0 Å². The summed E-state index contributed by atoms with van der Waals surface area (Å²) in [6.07, 6.45) is 3.46. The minimum absolute atomic E-state index is 0.136. The third kappa shape index (κ3) is 4.92. The molecule has 0 fully saturated rings. The van der Waals surface area contributed by atoms with Crippen LogP contribution in [-0.2, 0) is 11.2 Å².